The average molecular weight is 262 g/mol. The molecule has 0 unspecified atom stereocenters. The van der Waals surface area contributed by atoms with Gasteiger partial charge in [-0.05, 0) is 59.0 Å². The minimum Gasteiger partial charge on any atom is -0.304 e. The first kappa shape index (κ1) is 11.6. The SMILES string of the molecule is Cc1cc(F)c(Br)c(CCON)c1C. The van der Waals surface area contributed by atoms with Crippen LogP contribution in [-0.4, -0.2) is 6.61 Å². The molecule has 4 heteroatoms. The predicted octanol–water partition coefficient (Wildman–Crippen LogP) is 2.64. The Balaban J connectivity index is 3.11. The van der Waals surface area contributed by atoms with Crippen LogP contribution >= 0.6 is 15.9 Å². The average Bonchev–Trinajstić information content (AvgIpc) is 2.15. The summed E-state index contributed by atoms with van der Waals surface area (Å²) >= 11 is 3.22. The summed E-state index contributed by atoms with van der Waals surface area (Å²) in [6, 6.07) is 1.52. The van der Waals surface area contributed by atoms with E-state index in [9.17, 15) is 4.39 Å². The quantitative estimate of drug-likeness (QED) is 0.850. The Labute approximate surface area is 91.3 Å². The maximum atomic E-state index is 13.3. The zero-order chi connectivity index (χ0) is 10.7. The molecule has 0 atom stereocenters. The van der Waals surface area contributed by atoms with E-state index in [1.807, 2.05) is 13.8 Å². The van der Waals surface area contributed by atoms with Crippen LogP contribution in [0.3, 0.4) is 0 Å². The molecule has 0 amide bonds. The summed E-state index contributed by atoms with van der Waals surface area (Å²) in [6.45, 7) is 4.24. The highest BCUT2D eigenvalue weighted by Crippen LogP contribution is 2.26. The largest absolute Gasteiger partial charge is 0.304 e. The second-order valence-electron chi connectivity index (χ2n) is 3.21. The van der Waals surface area contributed by atoms with Gasteiger partial charge in [0.05, 0.1) is 11.1 Å². The van der Waals surface area contributed by atoms with Gasteiger partial charge in [0.25, 0.3) is 0 Å². The van der Waals surface area contributed by atoms with Crippen molar-refractivity contribution >= 4 is 15.9 Å². The molecule has 0 fully saturated rings. The van der Waals surface area contributed by atoms with Crippen LogP contribution in [0, 0.1) is 19.7 Å². The van der Waals surface area contributed by atoms with Crippen LogP contribution in [0.4, 0.5) is 4.39 Å². The fourth-order valence-electron chi connectivity index (χ4n) is 1.37. The number of benzene rings is 1. The standard InChI is InChI=1S/C10H13BrFNO/c1-6-5-9(12)10(11)8(7(6)2)3-4-14-13/h5H,3-4,13H2,1-2H3. The van der Waals surface area contributed by atoms with E-state index in [2.05, 4.69) is 20.8 Å². The van der Waals surface area contributed by atoms with Gasteiger partial charge in [0.2, 0.25) is 0 Å². The third-order valence-corrected chi connectivity index (χ3v) is 3.19. The monoisotopic (exact) mass is 261 g/mol. The first-order chi connectivity index (χ1) is 6.57. The Morgan fingerprint density at radius 2 is 2.14 bits per heavy atom. The van der Waals surface area contributed by atoms with E-state index in [4.69, 9.17) is 5.90 Å². The molecule has 0 aliphatic rings. The van der Waals surface area contributed by atoms with Crippen LogP contribution in [0.5, 0.6) is 0 Å². The summed E-state index contributed by atoms with van der Waals surface area (Å²) in [5, 5.41) is 0. The lowest BCUT2D eigenvalue weighted by Crippen LogP contribution is -2.06. The molecule has 0 spiro atoms. The van der Waals surface area contributed by atoms with E-state index < -0.39 is 0 Å². The highest BCUT2D eigenvalue weighted by molar-refractivity contribution is 9.10. The Hall–Kier alpha value is -0.450. The smallest absolute Gasteiger partial charge is 0.137 e. The summed E-state index contributed by atoms with van der Waals surface area (Å²) < 4.78 is 13.8. The first-order valence-electron chi connectivity index (χ1n) is 4.33. The molecule has 14 heavy (non-hydrogen) atoms. The molecule has 0 aliphatic heterocycles. The van der Waals surface area contributed by atoms with E-state index >= 15 is 0 Å². The van der Waals surface area contributed by atoms with E-state index in [0.717, 1.165) is 16.7 Å². The van der Waals surface area contributed by atoms with Crippen molar-refractivity contribution in [2.45, 2.75) is 20.3 Å². The third-order valence-electron chi connectivity index (χ3n) is 2.33. The Bertz CT molecular complexity index is 315. The van der Waals surface area contributed by atoms with Crippen LogP contribution in [0.25, 0.3) is 0 Å². The topological polar surface area (TPSA) is 35.2 Å². The Kier molecular flexibility index (Phi) is 4.04. The van der Waals surface area contributed by atoms with E-state index in [0.29, 0.717) is 17.5 Å². The number of rotatable bonds is 3. The molecule has 0 radical (unpaired) electrons. The van der Waals surface area contributed by atoms with Gasteiger partial charge in [0.1, 0.15) is 5.82 Å². The normalized spacial score (nSPS) is 10.6. The van der Waals surface area contributed by atoms with Crippen LogP contribution in [-0.2, 0) is 11.3 Å². The molecular weight excluding hydrogens is 249 g/mol. The second-order valence-corrected chi connectivity index (χ2v) is 4.01. The summed E-state index contributed by atoms with van der Waals surface area (Å²) in [4.78, 5) is 4.49. The molecule has 0 bridgehead atoms. The van der Waals surface area contributed by atoms with Crippen LogP contribution in [0.15, 0.2) is 10.5 Å². The molecule has 0 saturated heterocycles. The van der Waals surface area contributed by atoms with Gasteiger partial charge in [-0.3, -0.25) is 0 Å². The Morgan fingerprint density at radius 3 is 2.71 bits per heavy atom. The van der Waals surface area contributed by atoms with Crippen molar-refractivity contribution in [2.75, 3.05) is 6.61 Å². The van der Waals surface area contributed by atoms with Crippen LogP contribution < -0.4 is 5.90 Å². The van der Waals surface area contributed by atoms with Crippen molar-refractivity contribution in [3.8, 4) is 0 Å². The van der Waals surface area contributed by atoms with Gasteiger partial charge in [0.15, 0.2) is 0 Å². The fraction of sp³-hybridized carbons (Fsp3) is 0.400. The van der Waals surface area contributed by atoms with Crippen molar-refractivity contribution in [1.82, 2.24) is 0 Å². The van der Waals surface area contributed by atoms with Crippen molar-refractivity contribution in [2.24, 2.45) is 5.90 Å². The van der Waals surface area contributed by atoms with Crippen molar-refractivity contribution in [3.05, 3.63) is 33.0 Å². The summed E-state index contributed by atoms with van der Waals surface area (Å²) in [7, 11) is 0. The third kappa shape index (κ3) is 2.32. The molecule has 1 rings (SSSR count). The van der Waals surface area contributed by atoms with Gasteiger partial charge in [-0.25, -0.2) is 10.3 Å². The van der Waals surface area contributed by atoms with Crippen molar-refractivity contribution in [3.63, 3.8) is 0 Å². The van der Waals surface area contributed by atoms with Crippen molar-refractivity contribution < 1.29 is 9.23 Å². The molecule has 78 valence electrons. The zero-order valence-corrected chi connectivity index (χ0v) is 9.82. The lowest BCUT2D eigenvalue weighted by Gasteiger charge is -2.11. The predicted molar refractivity (Wildman–Crippen MR) is 57.4 cm³/mol. The van der Waals surface area contributed by atoms with E-state index in [-0.39, 0.29) is 5.82 Å². The highest BCUT2D eigenvalue weighted by atomic mass is 79.9. The molecule has 2 N–H and O–H groups in total. The lowest BCUT2D eigenvalue weighted by molar-refractivity contribution is 0.141. The number of aryl methyl sites for hydroxylation is 1. The second kappa shape index (κ2) is 4.87. The van der Waals surface area contributed by atoms with Gasteiger partial charge >= 0.3 is 0 Å². The molecule has 0 aromatic heterocycles. The molecular formula is C10H13BrFNO. The Morgan fingerprint density at radius 1 is 1.50 bits per heavy atom. The van der Waals surface area contributed by atoms with Gasteiger partial charge in [-0.2, -0.15) is 0 Å². The van der Waals surface area contributed by atoms with Gasteiger partial charge < -0.3 is 4.84 Å². The summed E-state index contributed by atoms with van der Waals surface area (Å²) in [6.07, 6.45) is 0.613. The van der Waals surface area contributed by atoms with Crippen molar-refractivity contribution in [1.29, 1.82) is 0 Å². The van der Waals surface area contributed by atoms with Gasteiger partial charge in [0, 0.05) is 0 Å². The maximum absolute atomic E-state index is 13.3. The van der Waals surface area contributed by atoms with E-state index in [1.54, 1.807) is 0 Å². The van der Waals surface area contributed by atoms with Gasteiger partial charge in [-0.15, -0.1) is 0 Å². The number of nitrogens with two attached hydrogens (primary N) is 1. The minimum atomic E-state index is -0.236. The van der Waals surface area contributed by atoms with E-state index in [1.165, 1.54) is 6.07 Å². The zero-order valence-electron chi connectivity index (χ0n) is 8.23. The molecule has 0 saturated carbocycles. The number of hydrogen-bond donors (Lipinski definition) is 1. The summed E-state index contributed by atoms with van der Waals surface area (Å²) in [5.74, 6) is 4.71. The molecule has 1 aromatic carbocycles. The van der Waals surface area contributed by atoms with Crippen LogP contribution in [0.2, 0.25) is 0 Å². The lowest BCUT2D eigenvalue weighted by atomic mass is 10.0. The highest BCUT2D eigenvalue weighted by Gasteiger charge is 2.11. The van der Waals surface area contributed by atoms with Gasteiger partial charge in [-0.1, -0.05) is 0 Å². The minimum absolute atomic E-state index is 0.236. The molecule has 2 nitrogen and oxygen atoms in total. The number of halogens is 2. The fourth-order valence-corrected chi connectivity index (χ4v) is 1.98. The van der Waals surface area contributed by atoms with Crippen LogP contribution in [0.1, 0.15) is 16.7 Å². The first-order valence-corrected chi connectivity index (χ1v) is 5.13. The summed E-state index contributed by atoms with van der Waals surface area (Å²) in [5.41, 5.74) is 2.95. The molecule has 1 aromatic rings. The molecule has 0 aliphatic carbocycles. The molecule has 0 heterocycles. The number of hydrogen-bond acceptors (Lipinski definition) is 2. The maximum Gasteiger partial charge on any atom is 0.137 e.